The molecule has 0 saturated carbocycles. The SMILES string of the molecule is CC1=C(C(=O)Nc2ccccc2)[C@@H](c2ccccc2)n2c(s/c(=C\c3ccc([N+](=O)[O-])cc3)c2=O)=N1. The maximum Gasteiger partial charge on any atom is 0.271 e. The minimum atomic E-state index is -0.662. The maximum absolute atomic E-state index is 13.6. The normalized spacial score (nSPS) is 15.2. The van der Waals surface area contributed by atoms with Crippen LogP contribution in [0.25, 0.3) is 6.08 Å². The van der Waals surface area contributed by atoms with Gasteiger partial charge in [0.05, 0.1) is 26.8 Å². The molecule has 0 saturated heterocycles. The lowest BCUT2D eigenvalue weighted by atomic mass is 9.95. The first-order valence-corrected chi connectivity index (χ1v) is 11.9. The number of anilines is 1. The van der Waals surface area contributed by atoms with Crippen molar-refractivity contribution in [2.45, 2.75) is 13.0 Å². The number of carbonyl (C=O) groups is 1. The number of nitrogens with zero attached hydrogens (tertiary/aromatic N) is 3. The fourth-order valence-corrected chi connectivity index (χ4v) is 5.17. The zero-order valence-corrected chi connectivity index (χ0v) is 19.9. The van der Waals surface area contributed by atoms with Gasteiger partial charge in [0.1, 0.15) is 0 Å². The van der Waals surface area contributed by atoms with Crippen molar-refractivity contribution in [3.8, 4) is 0 Å². The van der Waals surface area contributed by atoms with E-state index in [4.69, 9.17) is 0 Å². The second kappa shape index (κ2) is 9.55. The number of benzene rings is 3. The summed E-state index contributed by atoms with van der Waals surface area (Å²) in [6.07, 6.45) is 1.68. The van der Waals surface area contributed by atoms with Gasteiger partial charge in [-0.1, -0.05) is 59.9 Å². The van der Waals surface area contributed by atoms with Gasteiger partial charge in [0, 0.05) is 17.8 Å². The van der Waals surface area contributed by atoms with E-state index in [1.807, 2.05) is 48.5 Å². The molecule has 1 atom stereocenters. The quantitative estimate of drug-likeness (QED) is 0.335. The van der Waals surface area contributed by atoms with Gasteiger partial charge in [0.25, 0.3) is 17.2 Å². The molecule has 1 aliphatic heterocycles. The average molecular weight is 497 g/mol. The minimum Gasteiger partial charge on any atom is -0.322 e. The molecule has 36 heavy (non-hydrogen) atoms. The molecular formula is C27H20N4O4S. The summed E-state index contributed by atoms with van der Waals surface area (Å²) in [5, 5.41) is 13.9. The topological polar surface area (TPSA) is 107 Å². The molecule has 8 nitrogen and oxygen atoms in total. The Morgan fingerprint density at radius 1 is 1.03 bits per heavy atom. The molecule has 5 rings (SSSR count). The van der Waals surface area contributed by atoms with E-state index in [-0.39, 0.29) is 17.2 Å². The van der Waals surface area contributed by atoms with Crippen LogP contribution in [-0.4, -0.2) is 15.4 Å². The van der Waals surface area contributed by atoms with Gasteiger partial charge in [-0.2, -0.15) is 0 Å². The van der Waals surface area contributed by atoms with Crippen molar-refractivity contribution in [3.05, 3.63) is 137 Å². The van der Waals surface area contributed by atoms with Gasteiger partial charge in [-0.3, -0.25) is 24.3 Å². The predicted molar refractivity (Wildman–Crippen MR) is 138 cm³/mol. The van der Waals surface area contributed by atoms with Crippen molar-refractivity contribution < 1.29 is 9.72 Å². The second-order valence-corrected chi connectivity index (χ2v) is 9.17. The molecule has 4 aromatic rings. The molecule has 0 spiro atoms. The largest absolute Gasteiger partial charge is 0.322 e. The Morgan fingerprint density at radius 2 is 1.67 bits per heavy atom. The van der Waals surface area contributed by atoms with Gasteiger partial charge in [-0.15, -0.1) is 0 Å². The van der Waals surface area contributed by atoms with E-state index in [2.05, 4.69) is 10.3 Å². The number of rotatable bonds is 5. The van der Waals surface area contributed by atoms with Crippen LogP contribution in [0.5, 0.6) is 0 Å². The summed E-state index contributed by atoms with van der Waals surface area (Å²) in [6.45, 7) is 1.77. The molecule has 0 aliphatic carbocycles. The number of allylic oxidation sites excluding steroid dienone is 1. The highest BCUT2D eigenvalue weighted by molar-refractivity contribution is 7.07. The van der Waals surface area contributed by atoms with Crippen LogP contribution in [0.4, 0.5) is 11.4 Å². The summed E-state index contributed by atoms with van der Waals surface area (Å²) in [7, 11) is 0. The number of fused-ring (bicyclic) bond motifs is 1. The summed E-state index contributed by atoms with van der Waals surface area (Å²) in [4.78, 5) is 42.7. The first kappa shape index (κ1) is 23.1. The van der Waals surface area contributed by atoms with Gasteiger partial charge in [-0.05, 0) is 48.4 Å². The van der Waals surface area contributed by atoms with Crippen molar-refractivity contribution >= 4 is 34.7 Å². The number of non-ortho nitro benzene ring substituents is 1. The molecule has 3 aromatic carbocycles. The number of carbonyl (C=O) groups excluding carboxylic acids is 1. The summed E-state index contributed by atoms with van der Waals surface area (Å²) >= 11 is 1.22. The van der Waals surface area contributed by atoms with Crippen molar-refractivity contribution in [2.75, 3.05) is 5.32 Å². The van der Waals surface area contributed by atoms with E-state index in [1.165, 1.54) is 23.5 Å². The molecule has 1 amide bonds. The van der Waals surface area contributed by atoms with E-state index in [0.29, 0.717) is 31.9 Å². The molecular weight excluding hydrogens is 476 g/mol. The van der Waals surface area contributed by atoms with E-state index < -0.39 is 11.0 Å². The maximum atomic E-state index is 13.6. The Kier molecular flexibility index (Phi) is 6.14. The van der Waals surface area contributed by atoms with Gasteiger partial charge in [0.15, 0.2) is 4.80 Å². The Bertz CT molecular complexity index is 1670. The first-order valence-electron chi connectivity index (χ1n) is 11.1. The van der Waals surface area contributed by atoms with Crippen LogP contribution in [0.15, 0.2) is 106 Å². The third kappa shape index (κ3) is 4.39. The summed E-state index contributed by atoms with van der Waals surface area (Å²) < 4.78 is 1.96. The van der Waals surface area contributed by atoms with Crippen LogP contribution >= 0.6 is 11.3 Å². The molecule has 1 N–H and O–H groups in total. The van der Waals surface area contributed by atoms with Crippen LogP contribution in [0, 0.1) is 10.1 Å². The van der Waals surface area contributed by atoms with Crippen molar-refractivity contribution in [1.82, 2.24) is 4.57 Å². The van der Waals surface area contributed by atoms with Gasteiger partial charge >= 0.3 is 0 Å². The highest BCUT2D eigenvalue weighted by Crippen LogP contribution is 2.30. The number of aromatic nitrogens is 1. The Morgan fingerprint density at radius 3 is 2.31 bits per heavy atom. The zero-order chi connectivity index (χ0) is 25.2. The molecule has 178 valence electrons. The van der Waals surface area contributed by atoms with Gasteiger partial charge in [-0.25, -0.2) is 4.99 Å². The number of hydrogen-bond donors (Lipinski definition) is 1. The highest BCUT2D eigenvalue weighted by Gasteiger charge is 2.32. The number of amides is 1. The molecule has 0 unspecified atom stereocenters. The lowest BCUT2D eigenvalue weighted by molar-refractivity contribution is -0.384. The van der Waals surface area contributed by atoms with Crippen LogP contribution < -0.4 is 20.2 Å². The Labute approximate surface area is 209 Å². The molecule has 1 aliphatic rings. The zero-order valence-electron chi connectivity index (χ0n) is 19.1. The van der Waals surface area contributed by atoms with Gasteiger partial charge < -0.3 is 5.32 Å². The van der Waals surface area contributed by atoms with Crippen molar-refractivity contribution in [1.29, 1.82) is 0 Å². The lowest BCUT2D eigenvalue weighted by Crippen LogP contribution is -2.40. The van der Waals surface area contributed by atoms with Crippen LogP contribution in [0.1, 0.15) is 24.1 Å². The number of nitro benzene ring substituents is 1. The van der Waals surface area contributed by atoms with Gasteiger partial charge in [0.2, 0.25) is 0 Å². The van der Waals surface area contributed by atoms with E-state index in [0.717, 1.165) is 5.56 Å². The molecule has 2 heterocycles. The van der Waals surface area contributed by atoms with E-state index in [9.17, 15) is 19.7 Å². The number of nitro groups is 1. The predicted octanol–water partition coefficient (Wildman–Crippen LogP) is 3.78. The van der Waals surface area contributed by atoms with Crippen LogP contribution in [0.3, 0.4) is 0 Å². The smallest absolute Gasteiger partial charge is 0.271 e. The van der Waals surface area contributed by atoms with Crippen LogP contribution in [-0.2, 0) is 4.79 Å². The molecule has 1 aromatic heterocycles. The van der Waals surface area contributed by atoms with Crippen LogP contribution in [0.2, 0.25) is 0 Å². The third-order valence-electron chi connectivity index (χ3n) is 5.81. The molecule has 0 bridgehead atoms. The van der Waals surface area contributed by atoms with Crippen molar-refractivity contribution in [3.63, 3.8) is 0 Å². The van der Waals surface area contributed by atoms with E-state index >= 15 is 0 Å². The van der Waals surface area contributed by atoms with E-state index in [1.54, 1.807) is 41.8 Å². The number of hydrogen-bond acceptors (Lipinski definition) is 6. The minimum absolute atomic E-state index is 0.0256. The van der Waals surface area contributed by atoms with Crippen molar-refractivity contribution in [2.24, 2.45) is 4.99 Å². The molecule has 0 radical (unpaired) electrons. The first-order chi connectivity index (χ1) is 17.4. The number of para-hydroxylation sites is 1. The fraction of sp³-hybridized carbons (Fsp3) is 0.0741. The monoisotopic (exact) mass is 496 g/mol. The summed E-state index contributed by atoms with van der Waals surface area (Å²) in [6, 6.07) is 23.8. The summed E-state index contributed by atoms with van der Waals surface area (Å²) in [5.41, 5.74) is 2.68. The number of thiazole rings is 1. The fourth-order valence-electron chi connectivity index (χ4n) is 4.13. The number of nitrogens with one attached hydrogen (secondary N) is 1. The summed E-state index contributed by atoms with van der Waals surface area (Å²) in [5.74, 6) is -0.332. The average Bonchev–Trinajstić information content (AvgIpc) is 3.18. The molecule has 0 fully saturated rings. The lowest BCUT2D eigenvalue weighted by Gasteiger charge is -2.25. The molecule has 9 heteroatoms. The highest BCUT2D eigenvalue weighted by atomic mass is 32.1. The Balaban J connectivity index is 1.63. The third-order valence-corrected chi connectivity index (χ3v) is 6.80. The Hall–Kier alpha value is -4.63. The second-order valence-electron chi connectivity index (χ2n) is 8.16. The standard InChI is InChI=1S/C27H20N4O4S/c1-17-23(25(32)29-20-10-6-3-7-11-20)24(19-8-4-2-5-9-19)30-26(33)22(36-27(30)28-17)16-18-12-14-21(15-13-18)31(34)35/h2-16,24H,1H3,(H,29,32)/b22-16-/t24-/m1/s1.